The molecule has 0 unspecified atom stereocenters. The molecule has 3 aromatic rings. The zero-order chi connectivity index (χ0) is 59.3. The first kappa shape index (κ1) is 62.5. The van der Waals surface area contributed by atoms with Crippen LogP contribution in [0.4, 0.5) is 58.7 Å². The van der Waals surface area contributed by atoms with E-state index in [-0.39, 0.29) is 89.7 Å². The molecule has 0 bridgehead atoms. The van der Waals surface area contributed by atoms with Crippen molar-refractivity contribution >= 4 is 70.5 Å². The molecule has 0 radical (unpaired) electrons. The van der Waals surface area contributed by atoms with Gasteiger partial charge in [0.15, 0.2) is 23.4 Å². The van der Waals surface area contributed by atoms with E-state index in [1.54, 1.807) is 41.5 Å². The topological polar surface area (TPSA) is 349 Å². The van der Waals surface area contributed by atoms with Crippen LogP contribution < -0.4 is 53.7 Å². The normalized spacial score (nSPS) is 15.6. The third-order valence-corrected chi connectivity index (χ3v) is 11.4. The summed E-state index contributed by atoms with van der Waals surface area (Å²) in [5.74, 6) is -5.29. The van der Waals surface area contributed by atoms with E-state index in [4.69, 9.17) is 41.9 Å². The number of benzene rings is 2. The van der Waals surface area contributed by atoms with E-state index >= 15 is 0 Å². The fraction of sp³-hybridized carbons (Fsp3) is 0.520. The van der Waals surface area contributed by atoms with Gasteiger partial charge >= 0.3 is 24.5 Å². The lowest BCUT2D eigenvalue weighted by atomic mass is 10.1. The van der Waals surface area contributed by atoms with Crippen molar-refractivity contribution in [1.82, 2.24) is 19.8 Å². The van der Waals surface area contributed by atoms with Crippen molar-refractivity contribution in [1.29, 1.82) is 0 Å². The third kappa shape index (κ3) is 19.5. The van der Waals surface area contributed by atoms with Gasteiger partial charge in [-0.3, -0.25) is 29.2 Å². The van der Waals surface area contributed by atoms with Gasteiger partial charge in [0, 0.05) is 57.9 Å². The Morgan fingerprint density at radius 1 is 0.562 bits per heavy atom. The highest BCUT2D eigenvalue weighted by atomic mass is 19.4. The first-order valence-electron chi connectivity index (χ1n) is 25.2. The molecule has 6 amide bonds. The molecule has 5 rings (SSSR count). The minimum absolute atomic E-state index is 0.102. The number of aromatic nitrogens is 2. The number of ether oxygens (including phenoxy) is 4. The number of likely N-dealkylation sites (tertiary alicyclic amines) is 2. The van der Waals surface area contributed by atoms with E-state index in [2.05, 4.69) is 41.2 Å². The first-order valence-corrected chi connectivity index (χ1v) is 25.2. The van der Waals surface area contributed by atoms with Crippen molar-refractivity contribution in [2.75, 3.05) is 60.5 Å². The monoisotopic (exact) mass is 1140 g/mol. The molecule has 2 aliphatic rings. The van der Waals surface area contributed by atoms with E-state index in [9.17, 15) is 55.1 Å². The van der Waals surface area contributed by atoms with E-state index in [1.807, 2.05) is 0 Å². The summed E-state index contributed by atoms with van der Waals surface area (Å²) in [6.45, 7) is 10.2. The number of nitrogens with two attached hydrogens (primary N) is 4. The van der Waals surface area contributed by atoms with Crippen molar-refractivity contribution in [3.05, 3.63) is 59.2 Å². The fourth-order valence-electron chi connectivity index (χ4n) is 7.79. The molecular formula is C50H66F6N14O10. The van der Waals surface area contributed by atoms with E-state index in [1.165, 1.54) is 9.80 Å². The standard InChI is InChI=1S/C50H66F6N14O10/c1-47(2,3)79-45(75)69-17-13-29(24-69)77-39-31(65-37(71)11-7-9-15-61-43(57)58)19-27(49(51,52)53)21-33(39)67-41(73)35-23-36(64-26-63-35)42(74)68-34-22-28(50(54,55)56)20-32(66-38(72)12-8-10-16-62-44(59)60)40(34)78-30-14-18-70(25-30)46(76)80-48(4,5)6/h19-23,26,29-30H,7-18,24-25H2,1-6H3,(H,65,71)(H,66,72)(H,67,73)(H,68,74)(H4,57,58,61)(H4,59,60,62)/t29-,30-/m1/s1. The summed E-state index contributed by atoms with van der Waals surface area (Å²) < 4.78 is 111. The maximum Gasteiger partial charge on any atom is 0.416 e. The molecule has 438 valence electrons. The number of alkyl halides is 6. The molecule has 0 saturated carbocycles. The van der Waals surface area contributed by atoms with Crippen molar-refractivity contribution < 1.29 is 74.1 Å². The Morgan fingerprint density at radius 3 is 1.24 bits per heavy atom. The Labute approximate surface area is 456 Å². The molecule has 24 nitrogen and oxygen atoms in total. The van der Waals surface area contributed by atoms with Gasteiger partial charge in [0.05, 0.1) is 47.0 Å². The summed E-state index contributed by atoms with van der Waals surface area (Å²) in [4.78, 5) is 98.7. The Kier molecular flexibility index (Phi) is 20.7. The van der Waals surface area contributed by atoms with Crippen LogP contribution >= 0.6 is 0 Å². The van der Waals surface area contributed by atoms with Gasteiger partial charge in [-0.2, -0.15) is 26.3 Å². The summed E-state index contributed by atoms with van der Waals surface area (Å²) in [6.07, 6.45) is -11.7. The number of anilines is 4. The summed E-state index contributed by atoms with van der Waals surface area (Å²) in [6, 6.07) is 3.04. The molecule has 2 fully saturated rings. The van der Waals surface area contributed by atoms with Crippen molar-refractivity contribution in [3.63, 3.8) is 0 Å². The number of unbranched alkanes of at least 4 members (excludes halogenated alkanes) is 2. The molecule has 80 heavy (non-hydrogen) atoms. The van der Waals surface area contributed by atoms with Crippen LogP contribution in [-0.4, -0.2) is 130 Å². The predicted octanol–water partition coefficient (Wildman–Crippen LogP) is 6.56. The number of aliphatic imine (C=N–C) groups is 2. The average molecular weight is 1140 g/mol. The molecule has 0 spiro atoms. The predicted molar refractivity (Wildman–Crippen MR) is 281 cm³/mol. The SMILES string of the molecule is CC(C)(C)OC(=O)N1CC[C@@H](Oc2c(NC(=O)CCCCN=C(N)N)cc(C(F)(F)F)cc2NC(=O)c2cc(C(=O)Nc3cc(C(F)(F)F)cc(NC(=O)CCCCN=C(N)N)c3O[C@@H]3CCN(C(=O)OC(C)(C)C)C3)ncn2)C1. The first-order chi connectivity index (χ1) is 37.2. The smallest absolute Gasteiger partial charge is 0.416 e. The van der Waals surface area contributed by atoms with E-state index in [0.717, 1.165) is 12.4 Å². The third-order valence-electron chi connectivity index (χ3n) is 11.4. The summed E-state index contributed by atoms with van der Waals surface area (Å²) in [5, 5.41) is 9.47. The summed E-state index contributed by atoms with van der Waals surface area (Å²) in [5.41, 5.74) is 13.4. The highest BCUT2D eigenvalue weighted by molar-refractivity contribution is 6.09. The molecule has 2 aromatic carbocycles. The highest BCUT2D eigenvalue weighted by Gasteiger charge is 2.38. The van der Waals surface area contributed by atoms with Crippen molar-refractivity contribution in [3.8, 4) is 11.5 Å². The van der Waals surface area contributed by atoms with Crippen LogP contribution in [0.5, 0.6) is 11.5 Å². The summed E-state index contributed by atoms with van der Waals surface area (Å²) in [7, 11) is 0. The molecule has 2 aliphatic heterocycles. The van der Waals surface area contributed by atoms with Gasteiger partial charge < -0.3 is 72.9 Å². The minimum Gasteiger partial charge on any atom is -0.484 e. The molecule has 1 aromatic heterocycles. The molecule has 2 atom stereocenters. The molecule has 2 saturated heterocycles. The molecular weight excluding hydrogens is 1070 g/mol. The van der Waals surface area contributed by atoms with Gasteiger partial charge in [0.25, 0.3) is 11.8 Å². The number of rotatable bonds is 20. The van der Waals surface area contributed by atoms with Crippen LogP contribution in [0, 0.1) is 0 Å². The maximum atomic E-state index is 14.6. The zero-order valence-corrected chi connectivity index (χ0v) is 44.9. The Hall–Kier alpha value is -8.34. The van der Waals surface area contributed by atoms with Crippen LogP contribution in [0.3, 0.4) is 0 Å². The lowest BCUT2D eigenvalue weighted by Crippen LogP contribution is -2.36. The number of halogens is 6. The Bertz CT molecular complexity index is 2630. The number of nitrogens with zero attached hydrogens (tertiary/aromatic N) is 6. The zero-order valence-electron chi connectivity index (χ0n) is 44.9. The number of carbonyl (C=O) groups is 6. The Balaban J connectivity index is 1.49. The molecule has 0 aliphatic carbocycles. The van der Waals surface area contributed by atoms with Crippen LogP contribution in [0.2, 0.25) is 0 Å². The molecule has 30 heteroatoms. The second-order valence-electron chi connectivity index (χ2n) is 20.5. The average Bonchev–Trinajstić information content (AvgIpc) is 4.02. The number of guanidine groups is 2. The second-order valence-corrected chi connectivity index (χ2v) is 20.5. The lowest BCUT2D eigenvalue weighted by Gasteiger charge is -2.25. The van der Waals surface area contributed by atoms with Gasteiger partial charge in [0.2, 0.25) is 11.8 Å². The van der Waals surface area contributed by atoms with E-state index < -0.39 is 128 Å². The Morgan fingerprint density at radius 2 is 0.912 bits per heavy atom. The number of amides is 6. The second kappa shape index (κ2) is 26.5. The fourth-order valence-corrected chi connectivity index (χ4v) is 7.79. The lowest BCUT2D eigenvalue weighted by molar-refractivity contribution is -0.138. The summed E-state index contributed by atoms with van der Waals surface area (Å²) >= 11 is 0. The number of hydrogen-bond acceptors (Lipinski definition) is 14. The number of nitrogens with one attached hydrogen (secondary N) is 4. The van der Waals surface area contributed by atoms with Crippen LogP contribution in [0.15, 0.2) is 46.6 Å². The maximum absolute atomic E-state index is 14.6. The van der Waals surface area contributed by atoms with Gasteiger partial charge in [0.1, 0.15) is 41.1 Å². The largest absolute Gasteiger partial charge is 0.484 e. The van der Waals surface area contributed by atoms with Crippen molar-refractivity contribution in [2.45, 2.75) is 129 Å². The number of carbonyl (C=O) groups excluding carboxylic acids is 6. The quantitative estimate of drug-likeness (QED) is 0.0257. The van der Waals surface area contributed by atoms with Crippen LogP contribution in [0.25, 0.3) is 0 Å². The van der Waals surface area contributed by atoms with E-state index in [0.29, 0.717) is 37.1 Å². The highest BCUT2D eigenvalue weighted by Crippen LogP contribution is 2.44. The van der Waals surface area contributed by atoms with Gasteiger partial charge in [-0.05, 0) is 91.5 Å². The van der Waals surface area contributed by atoms with Gasteiger partial charge in [-0.15, -0.1) is 0 Å². The van der Waals surface area contributed by atoms with Crippen molar-refractivity contribution in [2.24, 2.45) is 32.9 Å². The minimum atomic E-state index is -5.07. The molecule has 3 heterocycles. The molecule has 12 N–H and O–H groups in total. The van der Waals surface area contributed by atoms with Gasteiger partial charge in [-0.1, -0.05) is 0 Å². The van der Waals surface area contributed by atoms with Crippen LogP contribution in [-0.2, 0) is 31.4 Å². The van der Waals surface area contributed by atoms with Gasteiger partial charge in [-0.25, -0.2) is 19.6 Å². The number of hydrogen-bond donors (Lipinski definition) is 8. The van der Waals surface area contributed by atoms with Crippen LogP contribution in [0.1, 0.15) is 125 Å².